The maximum Gasteiger partial charge on any atom is 0.165 e. The highest BCUT2D eigenvalue weighted by Gasteiger charge is 2.39. The maximum absolute atomic E-state index is 13.5. The molecule has 0 saturated heterocycles. The van der Waals surface area contributed by atoms with Gasteiger partial charge in [0.25, 0.3) is 0 Å². The Morgan fingerprint density at radius 3 is 2.28 bits per heavy atom. The standard InChI is InChI=1S/C15H19FO2/c1-10-7-12(8-11(2)14(10)16)13(17)9-15(18-3)5-4-6-15/h7-8H,4-6,9H2,1-3H3. The Balaban J connectivity index is 2.19. The van der Waals surface area contributed by atoms with Crippen LogP contribution in [0.15, 0.2) is 12.1 Å². The number of halogens is 1. The molecule has 1 aliphatic carbocycles. The van der Waals surface area contributed by atoms with Crippen molar-refractivity contribution < 1.29 is 13.9 Å². The highest BCUT2D eigenvalue weighted by Crippen LogP contribution is 2.38. The number of ether oxygens (including phenoxy) is 1. The zero-order chi connectivity index (χ0) is 13.3. The first-order valence-corrected chi connectivity index (χ1v) is 6.32. The highest BCUT2D eigenvalue weighted by molar-refractivity contribution is 5.97. The van der Waals surface area contributed by atoms with Crippen LogP contribution in [0.5, 0.6) is 0 Å². The lowest BCUT2D eigenvalue weighted by Crippen LogP contribution is -2.41. The van der Waals surface area contributed by atoms with Gasteiger partial charge in [0.1, 0.15) is 5.82 Å². The van der Waals surface area contributed by atoms with Gasteiger partial charge < -0.3 is 4.74 Å². The van der Waals surface area contributed by atoms with E-state index in [1.807, 2.05) is 0 Å². The molecule has 0 atom stereocenters. The number of rotatable bonds is 4. The molecule has 1 saturated carbocycles. The Morgan fingerprint density at radius 2 is 1.89 bits per heavy atom. The van der Waals surface area contributed by atoms with Crippen molar-refractivity contribution in [1.82, 2.24) is 0 Å². The van der Waals surface area contributed by atoms with Crippen LogP contribution in [0.3, 0.4) is 0 Å². The van der Waals surface area contributed by atoms with E-state index in [1.54, 1.807) is 33.1 Å². The summed E-state index contributed by atoms with van der Waals surface area (Å²) in [6, 6.07) is 3.26. The minimum atomic E-state index is -0.271. The summed E-state index contributed by atoms with van der Waals surface area (Å²) in [7, 11) is 1.66. The number of Topliss-reactive ketones (excluding diaryl/α,β-unsaturated/α-hetero) is 1. The fourth-order valence-electron chi connectivity index (χ4n) is 2.53. The van der Waals surface area contributed by atoms with Crippen LogP contribution in [0, 0.1) is 19.7 Å². The summed E-state index contributed by atoms with van der Waals surface area (Å²) in [5, 5.41) is 0. The molecule has 2 nitrogen and oxygen atoms in total. The van der Waals surface area contributed by atoms with Gasteiger partial charge >= 0.3 is 0 Å². The number of aryl methyl sites for hydroxylation is 2. The van der Waals surface area contributed by atoms with Crippen molar-refractivity contribution in [3.05, 3.63) is 34.6 Å². The van der Waals surface area contributed by atoms with Crippen LogP contribution >= 0.6 is 0 Å². The van der Waals surface area contributed by atoms with Crippen molar-refractivity contribution in [3.8, 4) is 0 Å². The number of carbonyl (C=O) groups excluding carboxylic acids is 1. The lowest BCUT2D eigenvalue weighted by Gasteiger charge is -2.40. The molecule has 1 aromatic rings. The van der Waals surface area contributed by atoms with Gasteiger partial charge in [0, 0.05) is 19.1 Å². The molecule has 3 heteroatoms. The molecule has 18 heavy (non-hydrogen) atoms. The first-order valence-electron chi connectivity index (χ1n) is 6.32. The Labute approximate surface area is 107 Å². The van der Waals surface area contributed by atoms with Gasteiger partial charge in [-0.05, 0) is 56.4 Å². The lowest BCUT2D eigenvalue weighted by molar-refractivity contribution is -0.0704. The molecule has 1 fully saturated rings. The average molecular weight is 250 g/mol. The van der Waals surface area contributed by atoms with Gasteiger partial charge in [-0.1, -0.05) is 0 Å². The second-order valence-electron chi connectivity index (χ2n) is 5.26. The summed E-state index contributed by atoms with van der Waals surface area (Å²) in [5.74, 6) is -0.181. The van der Waals surface area contributed by atoms with Crippen LogP contribution in [0.1, 0.15) is 47.2 Å². The lowest BCUT2D eigenvalue weighted by atomic mass is 9.75. The molecule has 0 N–H and O–H groups in total. The van der Waals surface area contributed by atoms with Crippen molar-refractivity contribution in [2.75, 3.05) is 7.11 Å². The van der Waals surface area contributed by atoms with Crippen LogP contribution in [-0.2, 0) is 4.74 Å². The minimum Gasteiger partial charge on any atom is -0.378 e. The third-order valence-electron chi connectivity index (χ3n) is 3.94. The van der Waals surface area contributed by atoms with Crippen LogP contribution in [0.2, 0.25) is 0 Å². The van der Waals surface area contributed by atoms with E-state index in [9.17, 15) is 9.18 Å². The quantitative estimate of drug-likeness (QED) is 0.763. The monoisotopic (exact) mass is 250 g/mol. The molecule has 0 bridgehead atoms. The fourth-order valence-corrected chi connectivity index (χ4v) is 2.53. The predicted octanol–water partition coefficient (Wildman–Crippen LogP) is 3.58. The third-order valence-corrected chi connectivity index (χ3v) is 3.94. The van der Waals surface area contributed by atoms with Crippen LogP contribution < -0.4 is 0 Å². The van der Waals surface area contributed by atoms with Crippen LogP contribution in [0.4, 0.5) is 4.39 Å². The molecule has 1 aromatic carbocycles. The van der Waals surface area contributed by atoms with Crippen molar-refractivity contribution in [2.45, 2.75) is 45.1 Å². The first-order chi connectivity index (χ1) is 8.47. The average Bonchev–Trinajstić information content (AvgIpc) is 2.29. The molecule has 0 amide bonds. The number of hydrogen-bond donors (Lipinski definition) is 0. The molecular weight excluding hydrogens is 231 g/mol. The Kier molecular flexibility index (Phi) is 3.53. The second-order valence-corrected chi connectivity index (χ2v) is 5.26. The van der Waals surface area contributed by atoms with Gasteiger partial charge in [0.15, 0.2) is 5.78 Å². The smallest absolute Gasteiger partial charge is 0.165 e. The van der Waals surface area contributed by atoms with E-state index in [2.05, 4.69) is 0 Å². The number of hydrogen-bond acceptors (Lipinski definition) is 2. The van der Waals surface area contributed by atoms with Gasteiger partial charge in [-0.3, -0.25) is 4.79 Å². The normalized spacial score (nSPS) is 17.3. The Hall–Kier alpha value is -1.22. The molecule has 2 rings (SSSR count). The summed E-state index contributed by atoms with van der Waals surface area (Å²) in [5.41, 5.74) is 1.37. The number of methoxy groups -OCH3 is 1. The van der Waals surface area contributed by atoms with Gasteiger partial charge in [0.2, 0.25) is 0 Å². The van der Waals surface area contributed by atoms with Crippen LogP contribution in [0.25, 0.3) is 0 Å². The van der Waals surface area contributed by atoms with Gasteiger partial charge in [-0.15, -0.1) is 0 Å². The van der Waals surface area contributed by atoms with Crippen molar-refractivity contribution in [1.29, 1.82) is 0 Å². The molecule has 0 spiro atoms. The van der Waals surface area contributed by atoms with E-state index in [0.717, 1.165) is 19.3 Å². The Morgan fingerprint density at radius 1 is 1.33 bits per heavy atom. The van der Waals surface area contributed by atoms with Gasteiger partial charge in [-0.25, -0.2) is 4.39 Å². The van der Waals surface area contributed by atoms with Crippen molar-refractivity contribution in [2.24, 2.45) is 0 Å². The summed E-state index contributed by atoms with van der Waals surface area (Å²) in [4.78, 5) is 12.2. The maximum atomic E-state index is 13.5. The third kappa shape index (κ3) is 2.32. The molecule has 0 radical (unpaired) electrons. The van der Waals surface area contributed by atoms with E-state index >= 15 is 0 Å². The first kappa shape index (κ1) is 13.2. The molecular formula is C15H19FO2. The number of carbonyl (C=O) groups is 1. The summed E-state index contributed by atoms with van der Waals surface area (Å²) >= 11 is 0. The molecule has 0 heterocycles. The summed E-state index contributed by atoms with van der Waals surface area (Å²) in [6.45, 7) is 3.38. The Bertz CT molecular complexity index is 447. The molecule has 0 unspecified atom stereocenters. The number of benzene rings is 1. The molecule has 0 aromatic heterocycles. The summed E-state index contributed by atoms with van der Waals surface area (Å²) < 4.78 is 19.0. The van der Waals surface area contributed by atoms with Gasteiger partial charge in [-0.2, -0.15) is 0 Å². The van der Waals surface area contributed by atoms with E-state index in [1.165, 1.54) is 0 Å². The van der Waals surface area contributed by atoms with E-state index in [-0.39, 0.29) is 17.2 Å². The van der Waals surface area contributed by atoms with Crippen molar-refractivity contribution >= 4 is 5.78 Å². The molecule has 98 valence electrons. The fraction of sp³-hybridized carbons (Fsp3) is 0.533. The van der Waals surface area contributed by atoms with E-state index in [0.29, 0.717) is 23.1 Å². The highest BCUT2D eigenvalue weighted by atomic mass is 19.1. The van der Waals surface area contributed by atoms with Crippen LogP contribution in [-0.4, -0.2) is 18.5 Å². The van der Waals surface area contributed by atoms with E-state index in [4.69, 9.17) is 4.74 Å². The van der Waals surface area contributed by atoms with E-state index < -0.39 is 0 Å². The number of ketones is 1. The summed E-state index contributed by atoms with van der Waals surface area (Å²) in [6.07, 6.45) is 3.39. The molecule has 0 aliphatic heterocycles. The zero-order valence-electron chi connectivity index (χ0n) is 11.2. The predicted molar refractivity (Wildman–Crippen MR) is 68.4 cm³/mol. The second kappa shape index (κ2) is 4.81. The molecule has 1 aliphatic rings. The minimum absolute atomic E-state index is 0.0442. The zero-order valence-corrected chi connectivity index (χ0v) is 11.2. The topological polar surface area (TPSA) is 26.3 Å². The van der Waals surface area contributed by atoms with Gasteiger partial charge in [0.05, 0.1) is 5.60 Å². The largest absolute Gasteiger partial charge is 0.378 e. The SMILES string of the molecule is COC1(CC(=O)c2cc(C)c(F)c(C)c2)CCC1. The van der Waals surface area contributed by atoms with Crippen molar-refractivity contribution in [3.63, 3.8) is 0 Å².